The van der Waals surface area contributed by atoms with E-state index in [2.05, 4.69) is 6.92 Å². The minimum absolute atomic E-state index is 0.0794. The maximum Gasteiger partial charge on any atom is 0.253 e. The third kappa shape index (κ3) is 3.73. The summed E-state index contributed by atoms with van der Waals surface area (Å²) in [7, 11) is 0. The molecule has 2 aliphatic carbocycles. The Morgan fingerprint density at radius 1 is 1.10 bits per heavy atom. The lowest BCUT2D eigenvalue weighted by Gasteiger charge is -2.34. The van der Waals surface area contributed by atoms with Crippen LogP contribution in [0.15, 0.2) is 0 Å². The van der Waals surface area contributed by atoms with Gasteiger partial charge >= 0.3 is 0 Å². The molecule has 4 heteroatoms. The molecule has 4 atom stereocenters. The van der Waals surface area contributed by atoms with Crippen LogP contribution >= 0.6 is 0 Å². The lowest BCUT2D eigenvalue weighted by Crippen LogP contribution is -2.35. The SMILES string of the molecule is CC1CCC(C2CC(CCC(F)CF)C(C)C2(F)F)CC1. The van der Waals surface area contributed by atoms with E-state index in [0.29, 0.717) is 18.8 Å². The zero-order chi connectivity index (χ0) is 15.6. The molecule has 0 bridgehead atoms. The minimum atomic E-state index is -2.64. The van der Waals surface area contributed by atoms with Crippen molar-refractivity contribution < 1.29 is 17.6 Å². The molecule has 2 aliphatic rings. The summed E-state index contributed by atoms with van der Waals surface area (Å²) in [5, 5.41) is 0. The second-order valence-electron chi connectivity index (χ2n) is 7.41. The molecule has 0 aromatic rings. The molecule has 0 N–H and O–H groups in total. The van der Waals surface area contributed by atoms with Crippen molar-refractivity contribution in [2.24, 2.45) is 29.6 Å². The Hall–Kier alpha value is -0.280. The zero-order valence-corrected chi connectivity index (χ0v) is 13.1. The Morgan fingerprint density at radius 2 is 1.71 bits per heavy atom. The van der Waals surface area contributed by atoms with Crippen molar-refractivity contribution in [2.75, 3.05) is 6.67 Å². The van der Waals surface area contributed by atoms with Gasteiger partial charge in [0.15, 0.2) is 0 Å². The maximum absolute atomic E-state index is 14.6. The molecule has 0 aromatic heterocycles. The van der Waals surface area contributed by atoms with E-state index in [-0.39, 0.29) is 18.3 Å². The fraction of sp³-hybridized carbons (Fsp3) is 1.00. The molecule has 4 unspecified atom stereocenters. The summed E-state index contributed by atoms with van der Waals surface area (Å²) in [6.45, 7) is 2.78. The van der Waals surface area contributed by atoms with Crippen LogP contribution < -0.4 is 0 Å². The number of hydrogen-bond acceptors (Lipinski definition) is 0. The minimum Gasteiger partial charge on any atom is -0.248 e. The van der Waals surface area contributed by atoms with Gasteiger partial charge in [-0.15, -0.1) is 0 Å². The molecule has 2 rings (SSSR count). The summed E-state index contributed by atoms with van der Waals surface area (Å²) in [6, 6.07) is 0. The Kier molecular flexibility index (Phi) is 5.59. The molecular formula is C17H28F4. The van der Waals surface area contributed by atoms with Gasteiger partial charge in [-0.25, -0.2) is 17.6 Å². The smallest absolute Gasteiger partial charge is 0.248 e. The van der Waals surface area contributed by atoms with Gasteiger partial charge in [0.25, 0.3) is 5.92 Å². The first kappa shape index (κ1) is 17.1. The third-order valence-electron chi connectivity index (χ3n) is 6.01. The van der Waals surface area contributed by atoms with Gasteiger partial charge in [0, 0.05) is 11.8 Å². The number of halogens is 4. The van der Waals surface area contributed by atoms with E-state index in [1.54, 1.807) is 6.92 Å². The Labute approximate surface area is 125 Å². The standard InChI is InChI=1S/C17H28F4/c1-11-3-5-13(6-4-11)16-9-14(7-8-15(19)10-18)12(2)17(16,20)21/h11-16H,3-10H2,1-2H3. The van der Waals surface area contributed by atoms with Crippen LogP contribution in [0.2, 0.25) is 0 Å². The Morgan fingerprint density at radius 3 is 2.29 bits per heavy atom. The van der Waals surface area contributed by atoms with Gasteiger partial charge in [-0.2, -0.15) is 0 Å². The monoisotopic (exact) mass is 308 g/mol. The lowest BCUT2D eigenvalue weighted by atomic mass is 9.74. The molecule has 2 saturated carbocycles. The van der Waals surface area contributed by atoms with E-state index < -0.39 is 30.6 Å². The highest BCUT2D eigenvalue weighted by Gasteiger charge is 2.56. The van der Waals surface area contributed by atoms with Crippen LogP contribution in [0.5, 0.6) is 0 Å². The van der Waals surface area contributed by atoms with E-state index in [4.69, 9.17) is 0 Å². The fourth-order valence-electron chi connectivity index (χ4n) is 4.37. The quantitative estimate of drug-likeness (QED) is 0.562. The van der Waals surface area contributed by atoms with Crippen molar-refractivity contribution in [2.45, 2.75) is 70.9 Å². The first-order valence-electron chi connectivity index (χ1n) is 8.44. The molecule has 0 aromatic carbocycles. The molecule has 0 heterocycles. The van der Waals surface area contributed by atoms with E-state index >= 15 is 0 Å². The zero-order valence-electron chi connectivity index (χ0n) is 13.1. The van der Waals surface area contributed by atoms with Crippen LogP contribution in [0, 0.1) is 29.6 Å². The van der Waals surface area contributed by atoms with Crippen molar-refractivity contribution in [1.82, 2.24) is 0 Å². The van der Waals surface area contributed by atoms with E-state index in [1.807, 2.05) is 0 Å². The predicted octanol–water partition coefficient (Wildman–Crippen LogP) is 5.81. The highest BCUT2D eigenvalue weighted by Crippen LogP contribution is 2.55. The van der Waals surface area contributed by atoms with Crippen LogP contribution in [0.4, 0.5) is 17.6 Å². The summed E-state index contributed by atoms with van der Waals surface area (Å²) < 4.78 is 54.4. The van der Waals surface area contributed by atoms with Crippen LogP contribution in [0.3, 0.4) is 0 Å². The van der Waals surface area contributed by atoms with Crippen molar-refractivity contribution in [3.05, 3.63) is 0 Å². The number of rotatable bonds is 5. The molecule has 0 radical (unpaired) electrons. The Balaban J connectivity index is 1.96. The van der Waals surface area contributed by atoms with Gasteiger partial charge in [0.05, 0.1) is 0 Å². The van der Waals surface area contributed by atoms with Gasteiger partial charge in [-0.05, 0) is 49.9 Å². The van der Waals surface area contributed by atoms with Gasteiger partial charge in [0.1, 0.15) is 12.8 Å². The van der Waals surface area contributed by atoms with Crippen molar-refractivity contribution in [3.63, 3.8) is 0 Å². The van der Waals surface area contributed by atoms with Gasteiger partial charge in [-0.3, -0.25) is 0 Å². The van der Waals surface area contributed by atoms with Gasteiger partial charge in [-0.1, -0.05) is 26.7 Å². The molecule has 0 saturated heterocycles. The molecule has 0 nitrogen and oxygen atoms in total. The van der Waals surface area contributed by atoms with Gasteiger partial charge in [0.2, 0.25) is 0 Å². The summed E-state index contributed by atoms with van der Waals surface area (Å²) in [5.74, 6) is -3.28. The molecule has 0 amide bonds. The van der Waals surface area contributed by atoms with Crippen molar-refractivity contribution in [1.29, 1.82) is 0 Å². The average molecular weight is 308 g/mol. The Bertz CT molecular complexity index is 323. The maximum atomic E-state index is 14.6. The molecular weight excluding hydrogens is 280 g/mol. The molecule has 21 heavy (non-hydrogen) atoms. The highest BCUT2D eigenvalue weighted by molar-refractivity contribution is 4.98. The first-order valence-corrected chi connectivity index (χ1v) is 8.44. The average Bonchev–Trinajstić information content (AvgIpc) is 2.69. The third-order valence-corrected chi connectivity index (χ3v) is 6.01. The van der Waals surface area contributed by atoms with Crippen LogP contribution in [0.1, 0.15) is 58.8 Å². The topological polar surface area (TPSA) is 0 Å². The second kappa shape index (κ2) is 6.87. The van der Waals surface area contributed by atoms with E-state index in [0.717, 1.165) is 25.7 Å². The molecule has 2 fully saturated rings. The molecule has 0 aliphatic heterocycles. The number of alkyl halides is 4. The summed E-state index contributed by atoms with van der Waals surface area (Å²) >= 11 is 0. The summed E-state index contributed by atoms with van der Waals surface area (Å²) in [4.78, 5) is 0. The largest absolute Gasteiger partial charge is 0.253 e. The summed E-state index contributed by atoms with van der Waals surface area (Å²) in [6.07, 6.45) is 3.37. The first-order chi connectivity index (χ1) is 9.86. The van der Waals surface area contributed by atoms with Crippen LogP contribution in [-0.2, 0) is 0 Å². The number of hydrogen-bond donors (Lipinski definition) is 0. The second-order valence-corrected chi connectivity index (χ2v) is 7.41. The lowest BCUT2D eigenvalue weighted by molar-refractivity contribution is -0.0977. The van der Waals surface area contributed by atoms with Crippen LogP contribution in [-0.4, -0.2) is 18.8 Å². The fourth-order valence-corrected chi connectivity index (χ4v) is 4.37. The molecule has 124 valence electrons. The molecule has 0 spiro atoms. The van der Waals surface area contributed by atoms with Crippen molar-refractivity contribution in [3.8, 4) is 0 Å². The summed E-state index contributed by atoms with van der Waals surface area (Å²) in [5.41, 5.74) is 0. The van der Waals surface area contributed by atoms with Crippen molar-refractivity contribution >= 4 is 0 Å². The predicted molar refractivity (Wildman–Crippen MR) is 76.9 cm³/mol. The van der Waals surface area contributed by atoms with Crippen LogP contribution in [0.25, 0.3) is 0 Å². The highest BCUT2D eigenvalue weighted by atomic mass is 19.3. The van der Waals surface area contributed by atoms with Gasteiger partial charge < -0.3 is 0 Å². The van der Waals surface area contributed by atoms with E-state index in [9.17, 15) is 17.6 Å². The normalized spacial score (nSPS) is 41.1. The van der Waals surface area contributed by atoms with E-state index in [1.165, 1.54) is 0 Å².